The van der Waals surface area contributed by atoms with Crippen molar-refractivity contribution in [2.75, 3.05) is 18.5 Å². The van der Waals surface area contributed by atoms with Crippen molar-refractivity contribution in [2.24, 2.45) is 0 Å². The molecule has 128 valence electrons. The van der Waals surface area contributed by atoms with Crippen LogP contribution >= 0.6 is 11.6 Å². The summed E-state index contributed by atoms with van der Waals surface area (Å²) in [4.78, 5) is 12.5. The summed E-state index contributed by atoms with van der Waals surface area (Å²) in [5.41, 5.74) is -0.397. The van der Waals surface area contributed by atoms with Gasteiger partial charge in [-0.3, -0.25) is 9.48 Å². The zero-order chi connectivity index (χ0) is 17.2. The van der Waals surface area contributed by atoms with Crippen LogP contribution < -0.4 is 10.1 Å². The van der Waals surface area contributed by atoms with Crippen LogP contribution in [0.4, 0.5) is 5.69 Å². The fourth-order valence-electron chi connectivity index (χ4n) is 2.46. The number of benzene rings is 1. The van der Waals surface area contributed by atoms with Gasteiger partial charge in [-0.15, -0.1) is 0 Å². The molecule has 3 rings (SSSR count). The van der Waals surface area contributed by atoms with E-state index in [1.54, 1.807) is 44.3 Å². The molecule has 2 aromatic rings. The maximum absolute atomic E-state index is 12.5. The van der Waals surface area contributed by atoms with Gasteiger partial charge in [0.1, 0.15) is 5.75 Å². The van der Waals surface area contributed by atoms with Crippen molar-refractivity contribution in [3.63, 3.8) is 0 Å². The minimum absolute atomic E-state index is 0.231. The molecule has 1 aromatic carbocycles. The van der Waals surface area contributed by atoms with E-state index in [1.807, 2.05) is 10.9 Å². The van der Waals surface area contributed by atoms with E-state index in [0.29, 0.717) is 23.1 Å². The number of halogens is 1. The highest BCUT2D eigenvalue weighted by Gasteiger charge is 2.30. The summed E-state index contributed by atoms with van der Waals surface area (Å²) in [5, 5.41) is 7.76. The number of hydrogen-bond donors (Lipinski definition) is 1. The number of nitrogens with one attached hydrogen (secondary N) is 1. The molecule has 24 heavy (non-hydrogen) atoms. The van der Waals surface area contributed by atoms with Crippen LogP contribution in [0.25, 0.3) is 0 Å². The molecule has 1 fully saturated rings. The van der Waals surface area contributed by atoms with Crippen LogP contribution in [0.15, 0.2) is 36.7 Å². The van der Waals surface area contributed by atoms with Gasteiger partial charge >= 0.3 is 0 Å². The lowest BCUT2D eigenvalue weighted by atomic mass is 10.1. The summed E-state index contributed by atoms with van der Waals surface area (Å²) in [6.07, 6.45) is 4.38. The van der Waals surface area contributed by atoms with Crippen molar-refractivity contribution in [1.82, 2.24) is 9.78 Å². The van der Waals surface area contributed by atoms with E-state index in [0.717, 1.165) is 13.0 Å². The number of amides is 1. The third-order valence-electron chi connectivity index (χ3n) is 3.87. The molecule has 1 aliphatic heterocycles. The molecule has 7 heteroatoms. The zero-order valence-corrected chi connectivity index (χ0v) is 14.4. The van der Waals surface area contributed by atoms with Gasteiger partial charge in [-0.05, 0) is 44.5 Å². The standard InChI is InChI=1S/C17H20ClN3O3/c1-17(2,24-15-5-3-12(18)4-6-15)16(22)20-13-9-19-21(10-13)14-7-8-23-11-14/h3-6,9-10,14H,7-8,11H2,1-2H3,(H,20,22)/t14-/m1/s1. The van der Waals surface area contributed by atoms with Crippen LogP contribution in [0.3, 0.4) is 0 Å². The van der Waals surface area contributed by atoms with Crippen molar-refractivity contribution in [1.29, 1.82) is 0 Å². The first-order valence-electron chi connectivity index (χ1n) is 7.82. The quantitative estimate of drug-likeness (QED) is 0.899. The van der Waals surface area contributed by atoms with E-state index in [4.69, 9.17) is 21.1 Å². The SMILES string of the molecule is CC(C)(Oc1ccc(Cl)cc1)C(=O)Nc1cnn([C@@H]2CCOC2)c1. The van der Waals surface area contributed by atoms with E-state index in [2.05, 4.69) is 10.4 Å². The van der Waals surface area contributed by atoms with Gasteiger partial charge < -0.3 is 14.8 Å². The predicted octanol–water partition coefficient (Wildman–Crippen LogP) is 3.29. The Labute approximate surface area is 145 Å². The number of aromatic nitrogens is 2. The Balaban J connectivity index is 1.63. The lowest BCUT2D eigenvalue weighted by Gasteiger charge is -2.25. The van der Waals surface area contributed by atoms with E-state index >= 15 is 0 Å². The Hall–Kier alpha value is -2.05. The Morgan fingerprint density at radius 2 is 2.17 bits per heavy atom. The molecule has 0 saturated carbocycles. The topological polar surface area (TPSA) is 65.4 Å². The molecule has 2 heterocycles. The van der Waals surface area contributed by atoms with Crippen LogP contribution in [0, 0.1) is 0 Å². The summed E-state index contributed by atoms with van der Waals surface area (Å²) >= 11 is 5.86. The predicted molar refractivity (Wildman–Crippen MR) is 91.5 cm³/mol. The van der Waals surface area contributed by atoms with Crippen molar-refractivity contribution < 1.29 is 14.3 Å². The largest absolute Gasteiger partial charge is 0.478 e. The molecule has 0 radical (unpaired) electrons. The molecule has 0 aliphatic carbocycles. The highest BCUT2D eigenvalue weighted by Crippen LogP contribution is 2.23. The Morgan fingerprint density at radius 1 is 1.42 bits per heavy atom. The van der Waals surface area contributed by atoms with Crippen molar-refractivity contribution >= 4 is 23.2 Å². The molecule has 0 bridgehead atoms. The Bertz CT molecular complexity index is 706. The summed E-state index contributed by atoms with van der Waals surface area (Å²) in [5.74, 6) is 0.332. The van der Waals surface area contributed by atoms with Crippen LogP contribution in [0.5, 0.6) is 5.75 Å². The van der Waals surface area contributed by atoms with Gasteiger partial charge in [-0.1, -0.05) is 11.6 Å². The molecule has 1 N–H and O–H groups in total. The van der Waals surface area contributed by atoms with Crippen molar-refractivity contribution in [3.8, 4) is 5.75 Å². The summed E-state index contributed by atoms with van der Waals surface area (Å²) in [7, 11) is 0. The monoisotopic (exact) mass is 349 g/mol. The number of hydrogen-bond acceptors (Lipinski definition) is 4. The van der Waals surface area contributed by atoms with E-state index in [-0.39, 0.29) is 11.9 Å². The van der Waals surface area contributed by atoms with Crippen LogP contribution in [0.2, 0.25) is 5.02 Å². The first kappa shape index (κ1) is 16.8. The van der Waals surface area contributed by atoms with Gasteiger partial charge in [-0.25, -0.2) is 0 Å². The van der Waals surface area contributed by atoms with E-state index in [9.17, 15) is 4.79 Å². The zero-order valence-electron chi connectivity index (χ0n) is 13.7. The van der Waals surface area contributed by atoms with Gasteiger partial charge in [-0.2, -0.15) is 5.10 Å². The van der Waals surface area contributed by atoms with Gasteiger partial charge in [0, 0.05) is 17.8 Å². The lowest BCUT2D eigenvalue weighted by molar-refractivity contribution is -0.128. The number of ether oxygens (including phenoxy) is 2. The molecule has 0 spiro atoms. The minimum atomic E-state index is -1.04. The number of carbonyl (C=O) groups excluding carboxylic acids is 1. The lowest BCUT2D eigenvalue weighted by Crippen LogP contribution is -2.42. The summed E-state index contributed by atoms with van der Waals surface area (Å²) in [6.45, 7) is 4.83. The smallest absolute Gasteiger partial charge is 0.268 e. The third kappa shape index (κ3) is 3.88. The molecular weight excluding hydrogens is 330 g/mol. The fourth-order valence-corrected chi connectivity index (χ4v) is 2.58. The second kappa shape index (κ2) is 6.83. The highest BCUT2D eigenvalue weighted by atomic mass is 35.5. The van der Waals surface area contributed by atoms with Crippen molar-refractivity contribution in [2.45, 2.75) is 31.9 Å². The summed E-state index contributed by atoms with van der Waals surface area (Å²) in [6, 6.07) is 7.14. The Morgan fingerprint density at radius 3 is 2.83 bits per heavy atom. The Kier molecular flexibility index (Phi) is 4.78. The molecule has 1 saturated heterocycles. The minimum Gasteiger partial charge on any atom is -0.478 e. The molecule has 6 nitrogen and oxygen atoms in total. The average molecular weight is 350 g/mol. The van der Waals surface area contributed by atoms with Crippen LogP contribution in [-0.2, 0) is 9.53 Å². The molecule has 1 aliphatic rings. The van der Waals surface area contributed by atoms with E-state index < -0.39 is 5.60 Å². The second-order valence-electron chi connectivity index (χ2n) is 6.25. The van der Waals surface area contributed by atoms with Crippen molar-refractivity contribution in [3.05, 3.63) is 41.7 Å². The average Bonchev–Trinajstić information content (AvgIpc) is 3.20. The molecule has 1 aromatic heterocycles. The molecular formula is C17H20ClN3O3. The number of nitrogens with zero attached hydrogens (tertiary/aromatic N) is 2. The number of anilines is 1. The van der Waals surface area contributed by atoms with Gasteiger partial charge in [0.25, 0.3) is 5.91 Å². The molecule has 1 atom stereocenters. The highest BCUT2D eigenvalue weighted by molar-refractivity contribution is 6.30. The number of rotatable bonds is 5. The maximum Gasteiger partial charge on any atom is 0.268 e. The third-order valence-corrected chi connectivity index (χ3v) is 4.12. The fraction of sp³-hybridized carbons (Fsp3) is 0.412. The van der Waals surface area contributed by atoms with Crippen LogP contribution in [-0.4, -0.2) is 34.5 Å². The normalized spacial score (nSPS) is 17.7. The van der Waals surface area contributed by atoms with Gasteiger partial charge in [0.05, 0.1) is 24.5 Å². The first-order valence-corrected chi connectivity index (χ1v) is 8.20. The second-order valence-corrected chi connectivity index (χ2v) is 6.68. The van der Waals surface area contributed by atoms with Gasteiger partial charge in [0.2, 0.25) is 0 Å². The van der Waals surface area contributed by atoms with Crippen LogP contribution in [0.1, 0.15) is 26.3 Å². The maximum atomic E-state index is 12.5. The first-order chi connectivity index (χ1) is 11.4. The molecule has 1 amide bonds. The summed E-state index contributed by atoms with van der Waals surface area (Å²) < 4.78 is 13.0. The van der Waals surface area contributed by atoms with Gasteiger partial charge in [0.15, 0.2) is 5.60 Å². The number of carbonyl (C=O) groups is 1. The molecule has 0 unspecified atom stereocenters. The van der Waals surface area contributed by atoms with E-state index in [1.165, 1.54) is 0 Å².